The van der Waals surface area contributed by atoms with Gasteiger partial charge >= 0.3 is 5.97 Å². The number of methoxy groups -OCH3 is 2. The van der Waals surface area contributed by atoms with E-state index in [1.165, 1.54) is 0 Å². The lowest BCUT2D eigenvalue weighted by Crippen LogP contribution is -2.39. The van der Waals surface area contributed by atoms with Crippen molar-refractivity contribution in [3.63, 3.8) is 0 Å². The second kappa shape index (κ2) is 9.16. The third-order valence-electron chi connectivity index (χ3n) is 5.23. The minimum absolute atomic E-state index is 0.0545. The van der Waals surface area contributed by atoms with Gasteiger partial charge < -0.3 is 14.6 Å². The van der Waals surface area contributed by atoms with E-state index in [-0.39, 0.29) is 12.0 Å². The third-order valence-corrected chi connectivity index (χ3v) is 6.17. The van der Waals surface area contributed by atoms with Gasteiger partial charge in [-0.05, 0) is 61.3 Å². The molecule has 1 aliphatic rings. The number of benzene rings is 2. The minimum Gasteiger partial charge on any atom is -0.493 e. The van der Waals surface area contributed by atoms with Crippen molar-refractivity contribution in [2.45, 2.75) is 18.9 Å². The van der Waals surface area contributed by atoms with E-state index in [9.17, 15) is 9.90 Å². The molecular formula is C21H23BrClNO4. The molecule has 0 radical (unpaired) electrons. The Balaban J connectivity index is 2.02. The molecule has 3 rings (SSSR count). The van der Waals surface area contributed by atoms with E-state index in [1.54, 1.807) is 14.2 Å². The van der Waals surface area contributed by atoms with Crippen molar-refractivity contribution in [1.29, 1.82) is 0 Å². The van der Waals surface area contributed by atoms with Gasteiger partial charge in [-0.15, -0.1) is 0 Å². The molecule has 1 atom stereocenters. The number of carboxylic acid groups (broad SMARTS) is 1. The fourth-order valence-corrected chi connectivity index (χ4v) is 4.38. The molecule has 0 amide bonds. The molecule has 1 aliphatic heterocycles. The molecule has 28 heavy (non-hydrogen) atoms. The van der Waals surface area contributed by atoms with Gasteiger partial charge in [0.2, 0.25) is 0 Å². The first kappa shape index (κ1) is 21.0. The SMILES string of the molecule is COc1cc(Br)c(C(c2ccc(Cl)cc2)N2CCC(C(=O)O)CC2)cc1OC. The van der Waals surface area contributed by atoms with Gasteiger partial charge in [-0.1, -0.05) is 39.7 Å². The van der Waals surface area contributed by atoms with Crippen LogP contribution in [-0.4, -0.2) is 43.3 Å². The zero-order chi connectivity index (χ0) is 20.3. The van der Waals surface area contributed by atoms with Gasteiger partial charge in [0, 0.05) is 9.50 Å². The van der Waals surface area contributed by atoms with Crippen molar-refractivity contribution in [2.24, 2.45) is 5.92 Å². The van der Waals surface area contributed by atoms with Crippen LogP contribution in [0.5, 0.6) is 11.5 Å². The van der Waals surface area contributed by atoms with Gasteiger partial charge in [0.1, 0.15) is 0 Å². The zero-order valence-corrected chi connectivity index (χ0v) is 18.2. The molecule has 2 aromatic rings. The van der Waals surface area contributed by atoms with Crippen LogP contribution < -0.4 is 9.47 Å². The number of carbonyl (C=O) groups is 1. The summed E-state index contributed by atoms with van der Waals surface area (Å²) in [4.78, 5) is 13.7. The van der Waals surface area contributed by atoms with Crippen LogP contribution in [0.1, 0.15) is 30.0 Å². The van der Waals surface area contributed by atoms with E-state index in [0.717, 1.165) is 15.6 Å². The van der Waals surface area contributed by atoms with Crippen LogP contribution in [0, 0.1) is 5.92 Å². The first-order valence-corrected chi connectivity index (χ1v) is 10.3. The minimum atomic E-state index is -0.713. The van der Waals surface area contributed by atoms with E-state index in [2.05, 4.69) is 20.8 Å². The summed E-state index contributed by atoms with van der Waals surface area (Å²) in [6.45, 7) is 1.40. The molecule has 0 aliphatic carbocycles. The van der Waals surface area contributed by atoms with E-state index < -0.39 is 5.97 Å². The van der Waals surface area contributed by atoms with E-state index in [1.807, 2.05) is 36.4 Å². The van der Waals surface area contributed by atoms with Crippen LogP contribution in [0.15, 0.2) is 40.9 Å². The maximum atomic E-state index is 11.3. The summed E-state index contributed by atoms with van der Waals surface area (Å²) < 4.78 is 11.8. The van der Waals surface area contributed by atoms with Gasteiger partial charge in [0.15, 0.2) is 11.5 Å². The molecule has 1 unspecified atom stereocenters. The number of halogens is 2. The Morgan fingerprint density at radius 3 is 2.25 bits per heavy atom. The molecule has 2 aromatic carbocycles. The maximum Gasteiger partial charge on any atom is 0.306 e. The number of hydrogen-bond donors (Lipinski definition) is 1. The van der Waals surface area contributed by atoms with Crippen molar-refractivity contribution in [3.8, 4) is 11.5 Å². The Kier molecular flexibility index (Phi) is 6.86. The third kappa shape index (κ3) is 4.45. The van der Waals surface area contributed by atoms with E-state index >= 15 is 0 Å². The predicted octanol–water partition coefficient (Wildman–Crippen LogP) is 5.01. The van der Waals surface area contributed by atoms with E-state index in [0.29, 0.717) is 42.5 Å². The summed E-state index contributed by atoms with van der Waals surface area (Å²) in [5.74, 6) is 0.309. The maximum absolute atomic E-state index is 11.3. The van der Waals surface area contributed by atoms with Gasteiger partial charge in [-0.3, -0.25) is 9.69 Å². The molecule has 7 heteroatoms. The lowest BCUT2D eigenvalue weighted by molar-refractivity contribution is -0.143. The summed E-state index contributed by atoms with van der Waals surface area (Å²) >= 11 is 9.78. The first-order valence-electron chi connectivity index (χ1n) is 9.08. The van der Waals surface area contributed by atoms with Crippen molar-refractivity contribution in [1.82, 2.24) is 4.90 Å². The average molecular weight is 469 g/mol. The molecule has 1 fully saturated rings. The highest BCUT2D eigenvalue weighted by molar-refractivity contribution is 9.10. The van der Waals surface area contributed by atoms with Crippen molar-refractivity contribution in [2.75, 3.05) is 27.3 Å². The highest BCUT2D eigenvalue weighted by atomic mass is 79.9. The van der Waals surface area contributed by atoms with Crippen molar-refractivity contribution < 1.29 is 19.4 Å². The second-order valence-corrected chi connectivity index (χ2v) is 8.12. The summed E-state index contributed by atoms with van der Waals surface area (Å²) in [6.07, 6.45) is 1.26. The standard InChI is InChI=1S/C21H23BrClNO4/c1-27-18-11-16(17(22)12-19(18)28-2)20(13-3-5-15(23)6-4-13)24-9-7-14(8-10-24)21(25)26/h3-6,11-12,14,20H,7-10H2,1-2H3,(H,25,26). The number of ether oxygens (including phenoxy) is 2. The highest BCUT2D eigenvalue weighted by Gasteiger charge is 2.31. The topological polar surface area (TPSA) is 59.0 Å². The Labute approximate surface area is 178 Å². The van der Waals surface area contributed by atoms with Crippen LogP contribution in [0.3, 0.4) is 0 Å². The van der Waals surface area contributed by atoms with Gasteiger partial charge in [-0.25, -0.2) is 0 Å². The Morgan fingerprint density at radius 1 is 1.14 bits per heavy atom. The van der Waals surface area contributed by atoms with Crippen LogP contribution in [-0.2, 0) is 4.79 Å². The lowest BCUT2D eigenvalue weighted by atomic mass is 9.91. The molecule has 1 saturated heterocycles. The molecule has 5 nitrogen and oxygen atoms in total. The number of carboxylic acids is 1. The molecular weight excluding hydrogens is 446 g/mol. The van der Waals surface area contributed by atoms with Crippen LogP contribution in [0.4, 0.5) is 0 Å². The molecule has 150 valence electrons. The molecule has 0 saturated carbocycles. The van der Waals surface area contributed by atoms with Gasteiger partial charge in [0.25, 0.3) is 0 Å². The summed E-state index contributed by atoms with van der Waals surface area (Å²) in [7, 11) is 3.22. The fourth-order valence-electron chi connectivity index (χ4n) is 3.72. The van der Waals surface area contributed by atoms with Gasteiger partial charge in [0.05, 0.1) is 26.2 Å². The number of piperidine rings is 1. The van der Waals surface area contributed by atoms with Crippen LogP contribution in [0.25, 0.3) is 0 Å². The first-order chi connectivity index (χ1) is 13.4. The molecule has 0 aromatic heterocycles. The molecule has 1 heterocycles. The van der Waals surface area contributed by atoms with Crippen molar-refractivity contribution >= 4 is 33.5 Å². The monoisotopic (exact) mass is 467 g/mol. The van der Waals surface area contributed by atoms with Crippen LogP contribution in [0.2, 0.25) is 5.02 Å². The van der Waals surface area contributed by atoms with Gasteiger partial charge in [-0.2, -0.15) is 0 Å². The Bertz CT molecular complexity index is 835. The Hall–Kier alpha value is -1.76. The Morgan fingerprint density at radius 2 is 1.71 bits per heavy atom. The lowest BCUT2D eigenvalue weighted by Gasteiger charge is -2.37. The predicted molar refractivity (Wildman–Crippen MR) is 112 cm³/mol. The number of likely N-dealkylation sites (tertiary alicyclic amines) is 1. The zero-order valence-electron chi connectivity index (χ0n) is 15.8. The molecule has 1 N–H and O–H groups in total. The smallest absolute Gasteiger partial charge is 0.306 e. The largest absolute Gasteiger partial charge is 0.493 e. The fraction of sp³-hybridized carbons (Fsp3) is 0.381. The number of rotatable bonds is 6. The average Bonchev–Trinajstić information content (AvgIpc) is 2.70. The number of aliphatic carboxylic acids is 1. The summed E-state index contributed by atoms with van der Waals surface area (Å²) in [5, 5.41) is 10.0. The number of nitrogens with zero attached hydrogens (tertiary/aromatic N) is 1. The molecule has 0 bridgehead atoms. The van der Waals surface area contributed by atoms with Crippen LogP contribution >= 0.6 is 27.5 Å². The number of hydrogen-bond acceptors (Lipinski definition) is 4. The molecule has 0 spiro atoms. The van der Waals surface area contributed by atoms with E-state index in [4.69, 9.17) is 21.1 Å². The van der Waals surface area contributed by atoms with Crippen molar-refractivity contribution in [3.05, 3.63) is 57.0 Å². The quantitative estimate of drug-likeness (QED) is 0.646. The normalized spacial score (nSPS) is 16.6. The summed E-state index contributed by atoms with van der Waals surface area (Å²) in [5.41, 5.74) is 2.12. The summed E-state index contributed by atoms with van der Waals surface area (Å²) in [6, 6.07) is 11.6. The second-order valence-electron chi connectivity index (χ2n) is 6.83. The highest BCUT2D eigenvalue weighted by Crippen LogP contribution is 2.41.